The molecule has 0 saturated carbocycles. The number of fused-ring (bicyclic) bond motifs is 1. The van der Waals surface area contributed by atoms with Crippen molar-refractivity contribution in [1.82, 2.24) is 0 Å². The van der Waals surface area contributed by atoms with Crippen LogP contribution in [-0.2, 0) is 6.42 Å². The van der Waals surface area contributed by atoms with Gasteiger partial charge in [0.2, 0.25) is 0 Å². The highest BCUT2D eigenvalue weighted by Gasteiger charge is 2.21. The molecule has 1 atom stereocenters. The average molecular weight is 205 g/mol. The summed E-state index contributed by atoms with van der Waals surface area (Å²) in [5.41, 5.74) is 0.922. The fourth-order valence-corrected chi connectivity index (χ4v) is 1.72. The second kappa shape index (κ2) is 3.38. The summed E-state index contributed by atoms with van der Waals surface area (Å²) in [6, 6.07) is 3.84. The third kappa shape index (κ3) is 1.58. The van der Waals surface area contributed by atoms with E-state index in [9.17, 15) is 0 Å². The van der Waals surface area contributed by atoms with E-state index in [1.54, 1.807) is 18.8 Å². The zero-order valence-corrected chi connectivity index (χ0v) is 8.10. The molecule has 0 aliphatic carbocycles. The number of nitrogens with one attached hydrogen (secondary N) is 1. The molecule has 0 saturated heterocycles. The Morgan fingerprint density at radius 1 is 1.40 bits per heavy atom. The highest BCUT2D eigenvalue weighted by molar-refractivity contribution is 5.55. The van der Waals surface area contributed by atoms with Crippen LogP contribution in [0.5, 0.6) is 5.75 Å². The number of furan rings is 2. The minimum atomic E-state index is 0.0984. The van der Waals surface area contributed by atoms with Crippen LogP contribution >= 0.6 is 0 Å². The van der Waals surface area contributed by atoms with Gasteiger partial charge >= 0.3 is 0 Å². The first-order valence-corrected chi connectivity index (χ1v) is 4.91. The maximum absolute atomic E-state index is 5.73. The van der Waals surface area contributed by atoms with E-state index in [4.69, 9.17) is 13.6 Å². The van der Waals surface area contributed by atoms with Crippen molar-refractivity contribution < 1.29 is 13.6 Å². The van der Waals surface area contributed by atoms with Gasteiger partial charge in [0.25, 0.3) is 0 Å². The molecule has 4 heteroatoms. The Bertz CT molecular complexity index is 432. The number of anilines is 1. The number of hydrogen-bond acceptors (Lipinski definition) is 4. The van der Waals surface area contributed by atoms with Gasteiger partial charge in [-0.05, 0) is 12.1 Å². The quantitative estimate of drug-likeness (QED) is 0.817. The van der Waals surface area contributed by atoms with Gasteiger partial charge in [0.05, 0.1) is 12.8 Å². The fourth-order valence-electron chi connectivity index (χ4n) is 1.72. The lowest BCUT2D eigenvalue weighted by Crippen LogP contribution is -2.31. The zero-order valence-electron chi connectivity index (χ0n) is 8.10. The highest BCUT2D eigenvalue weighted by atomic mass is 16.5. The molecule has 15 heavy (non-hydrogen) atoms. The summed E-state index contributed by atoms with van der Waals surface area (Å²) in [4.78, 5) is 0. The summed E-state index contributed by atoms with van der Waals surface area (Å²) < 4.78 is 16.0. The van der Waals surface area contributed by atoms with Crippen molar-refractivity contribution in [1.29, 1.82) is 0 Å². The van der Waals surface area contributed by atoms with Crippen molar-refractivity contribution >= 4 is 5.69 Å². The number of ether oxygens (including phenoxy) is 1. The molecule has 1 N–H and O–H groups in total. The van der Waals surface area contributed by atoms with E-state index >= 15 is 0 Å². The normalized spacial score (nSPS) is 19.1. The van der Waals surface area contributed by atoms with Crippen LogP contribution in [0, 0.1) is 0 Å². The van der Waals surface area contributed by atoms with Gasteiger partial charge in [-0.3, -0.25) is 0 Å². The van der Waals surface area contributed by atoms with Gasteiger partial charge in [0, 0.05) is 6.42 Å². The van der Waals surface area contributed by atoms with Gasteiger partial charge in [-0.25, -0.2) is 0 Å². The molecule has 1 unspecified atom stereocenters. The molecule has 1 aliphatic rings. The van der Waals surface area contributed by atoms with Crippen molar-refractivity contribution in [3.05, 3.63) is 36.7 Å². The van der Waals surface area contributed by atoms with Crippen LogP contribution in [-0.4, -0.2) is 12.6 Å². The lowest BCUT2D eigenvalue weighted by molar-refractivity contribution is 0.197. The maximum Gasteiger partial charge on any atom is 0.181 e. The van der Waals surface area contributed by atoms with Gasteiger partial charge in [-0.15, -0.1) is 0 Å². The Morgan fingerprint density at radius 2 is 2.40 bits per heavy atom. The highest BCUT2D eigenvalue weighted by Crippen LogP contribution is 2.30. The van der Waals surface area contributed by atoms with Crippen molar-refractivity contribution in [3.8, 4) is 5.75 Å². The standard InChI is InChI=1S/C11H11NO3/c1-2-8(14-3-1)4-9-5-12-10-6-13-7-11(10)15-9/h1-3,6-7,9,12H,4-5H2. The van der Waals surface area contributed by atoms with Crippen LogP contribution in [0.25, 0.3) is 0 Å². The van der Waals surface area contributed by atoms with Crippen LogP contribution < -0.4 is 10.1 Å². The molecular formula is C11H11NO3. The van der Waals surface area contributed by atoms with Crippen molar-refractivity contribution in [2.45, 2.75) is 12.5 Å². The minimum Gasteiger partial charge on any atom is -0.483 e. The second-order valence-corrected chi connectivity index (χ2v) is 3.55. The lowest BCUT2D eigenvalue weighted by atomic mass is 10.2. The molecule has 78 valence electrons. The minimum absolute atomic E-state index is 0.0984. The number of hydrogen-bond donors (Lipinski definition) is 1. The van der Waals surface area contributed by atoms with Crippen molar-refractivity contribution in [2.24, 2.45) is 0 Å². The Hall–Kier alpha value is -1.84. The first-order chi connectivity index (χ1) is 7.42. The van der Waals surface area contributed by atoms with Gasteiger partial charge in [0.1, 0.15) is 30.1 Å². The van der Waals surface area contributed by atoms with Crippen molar-refractivity contribution in [3.63, 3.8) is 0 Å². The molecule has 0 radical (unpaired) electrons. The monoisotopic (exact) mass is 205 g/mol. The van der Waals surface area contributed by atoms with Crippen LogP contribution in [0.2, 0.25) is 0 Å². The summed E-state index contributed by atoms with van der Waals surface area (Å²) in [7, 11) is 0. The molecule has 2 aromatic rings. The van der Waals surface area contributed by atoms with E-state index in [1.807, 2.05) is 12.1 Å². The Morgan fingerprint density at radius 3 is 3.27 bits per heavy atom. The largest absolute Gasteiger partial charge is 0.483 e. The lowest BCUT2D eigenvalue weighted by Gasteiger charge is -2.23. The third-order valence-corrected chi connectivity index (χ3v) is 2.45. The second-order valence-electron chi connectivity index (χ2n) is 3.55. The molecule has 0 aromatic carbocycles. The molecule has 0 fully saturated rings. The molecule has 4 nitrogen and oxygen atoms in total. The topological polar surface area (TPSA) is 47.5 Å². The molecule has 2 aromatic heterocycles. The summed E-state index contributed by atoms with van der Waals surface area (Å²) in [6.07, 6.45) is 5.80. The third-order valence-electron chi connectivity index (χ3n) is 2.45. The van der Waals surface area contributed by atoms with Gasteiger partial charge < -0.3 is 18.9 Å². The summed E-state index contributed by atoms with van der Waals surface area (Å²) >= 11 is 0. The first-order valence-electron chi connectivity index (χ1n) is 4.91. The average Bonchev–Trinajstić information content (AvgIpc) is 2.87. The van der Waals surface area contributed by atoms with Crippen LogP contribution in [0.4, 0.5) is 5.69 Å². The van der Waals surface area contributed by atoms with E-state index < -0.39 is 0 Å². The Kier molecular flexibility index (Phi) is 1.91. The van der Waals surface area contributed by atoms with Crippen LogP contribution in [0.15, 0.2) is 39.8 Å². The maximum atomic E-state index is 5.73. The molecule has 0 bridgehead atoms. The van der Waals surface area contributed by atoms with E-state index in [-0.39, 0.29) is 6.10 Å². The molecular weight excluding hydrogens is 194 g/mol. The van der Waals surface area contributed by atoms with E-state index in [0.29, 0.717) is 0 Å². The Balaban J connectivity index is 1.71. The predicted molar refractivity (Wildman–Crippen MR) is 54.0 cm³/mol. The summed E-state index contributed by atoms with van der Waals surface area (Å²) in [5.74, 6) is 1.71. The fraction of sp³-hybridized carbons (Fsp3) is 0.273. The SMILES string of the molecule is c1coc(CC2CNc3cocc3O2)c1. The van der Waals surface area contributed by atoms with E-state index in [1.165, 1.54) is 0 Å². The molecule has 1 aliphatic heterocycles. The van der Waals surface area contributed by atoms with E-state index in [0.717, 1.165) is 30.2 Å². The number of rotatable bonds is 2. The van der Waals surface area contributed by atoms with Gasteiger partial charge in [-0.2, -0.15) is 0 Å². The van der Waals surface area contributed by atoms with Crippen molar-refractivity contribution in [2.75, 3.05) is 11.9 Å². The smallest absolute Gasteiger partial charge is 0.181 e. The van der Waals surface area contributed by atoms with Crippen LogP contribution in [0.3, 0.4) is 0 Å². The summed E-state index contributed by atoms with van der Waals surface area (Å²) in [6.45, 7) is 0.771. The van der Waals surface area contributed by atoms with Gasteiger partial charge in [-0.1, -0.05) is 0 Å². The van der Waals surface area contributed by atoms with E-state index in [2.05, 4.69) is 5.32 Å². The first kappa shape index (κ1) is 8.47. The molecule has 0 spiro atoms. The predicted octanol–water partition coefficient (Wildman–Crippen LogP) is 2.29. The molecule has 3 heterocycles. The molecule has 0 amide bonds. The van der Waals surface area contributed by atoms with Crippen LogP contribution in [0.1, 0.15) is 5.76 Å². The Labute approximate surface area is 86.8 Å². The zero-order chi connectivity index (χ0) is 10.1. The summed E-state index contributed by atoms with van der Waals surface area (Å²) in [5, 5.41) is 3.24. The van der Waals surface area contributed by atoms with Gasteiger partial charge in [0.15, 0.2) is 5.75 Å². The molecule has 3 rings (SSSR count).